The van der Waals surface area contributed by atoms with Crippen molar-refractivity contribution in [1.29, 1.82) is 0 Å². The lowest BCUT2D eigenvalue weighted by atomic mass is 10.1. The molecule has 0 N–H and O–H groups in total. The van der Waals surface area contributed by atoms with Crippen molar-refractivity contribution in [2.24, 2.45) is 0 Å². The Morgan fingerprint density at radius 1 is 1.07 bits per heavy atom. The summed E-state index contributed by atoms with van der Waals surface area (Å²) < 4.78 is 22.3. The minimum atomic E-state index is -0.181. The van der Waals surface area contributed by atoms with E-state index in [1.165, 1.54) is 52.3 Å². The van der Waals surface area contributed by atoms with Crippen LogP contribution in [0.15, 0.2) is 53.0 Å². The average molecular weight is 462 g/mol. The number of ether oxygens (including phenoxy) is 1. The summed E-state index contributed by atoms with van der Waals surface area (Å²) >= 11 is 3.49. The van der Waals surface area contributed by atoms with Gasteiger partial charge in [0.05, 0.1) is 13.2 Å². The van der Waals surface area contributed by atoms with Gasteiger partial charge in [-0.1, -0.05) is 36.4 Å². The van der Waals surface area contributed by atoms with Gasteiger partial charge in [0.15, 0.2) is 0 Å². The van der Waals surface area contributed by atoms with Gasteiger partial charge in [0.2, 0.25) is 0 Å². The van der Waals surface area contributed by atoms with Crippen molar-refractivity contribution in [2.75, 3.05) is 32.8 Å². The maximum atomic E-state index is 14.0. The second-order valence-electron chi connectivity index (χ2n) is 7.65. The molecule has 2 aliphatic heterocycles. The van der Waals surface area contributed by atoms with Crippen LogP contribution in [-0.4, -0.2) is 37.7 Å². The van der Waals surface area contributed by atoms with Gasteiger partial charge < -0.3 is 9.64 Å². The summed E-state index contributed by atoms with van der Waals surface area (Å²) in [4.78, 5) is 4.92. The Bertz CT molecular complexity index is 1140. The van der Waals surface area contributed by atoms with E-state index in [1.54, 1.807) is 35.2 Å². The van der Waals surface area contributed by atoms with Gasteiger partial charge in [-0.2, -0.15) is 0 Å². The molecule has 0 spiro atoms. The monoisotopic (exact) mass is 461 g/mol. The maximum absolute atomic E-state index is 14.0. The third-order valence-corrected chi connectivity index (χ3v) is 7.91. The third kappa shape index (κ3) is 4.61. The number of allylic oxidation sites excluding steroid dienone is 4. The number of hydrogen-bond donors (Lipinski definition) is 0. The van der Waals surface area contributed by atoms with E-state index in [9.17, 15) is 4.39 Å². The predicted octanol–water partition coefficient (Wildman–Crippen LogP) is 4.98. The van der Waals surface area contributed by atoms with Crippen LogP contribution in [0.5, 0.6) is 0 Å². The van der Waals surface area contributed by atoms with Gasteiger partial charge in [0.25, 0.3) is 0 Å². The minimum absolute atomic E-state index is 0. The van der Waals surface area contributed by atoms with E-state index in [-0.39, 0.29) is 18.2 Å². The van der Waals surface area contributed by atoms with Gasteiger partial charge in [-0.15, -0.1) is 23.7 Å². The molecule has 0 unspecified atom stereocenters. The van der Waals surface area contributed by atoms with E-state index in [4.69, 9.17) is 4.74 Å². The lowest BCUT2D eigenvalue weighted by molar-refractivity contribution is 0.113. The highest BCUT2D eigenvalue weighted by molar-refractivity contribution is 8.11. The van der Waals surface area contributed by atoms with E-state index >= 15 is 0 Å². The lowest BCUT2D eigenvalue weighted by Crippen LogP contribution is -2.32. The summed E-state index contributed by atoms with van der Waals surface area (Å²) in [6, 6.07) is 5.10. The first-order valence-electron chi connectivity index (χ1n) is 10.3. The molecule has 3 aliphatic rings. The zero-order valence-electron chi connectivity index (χ0n) is 16.7. The van der Waals surface area contributed by atoms with Crippen molar-refractivity contribution < 1.29 is 9.13 Å². The first kappa shape index (κ1) is 21.8. The fraction of sp³-hybridized carbons (Fsp3) is 0.333. The average Bonchev–Trinajstić information content (AvgIpc) is 2.99. The second kappa shape index (κ2) is 9.84. The van der Waals surface area contributed by atoms with Gasteiger partial charge in [-0.25, -0.2) is 4.39 Å². The Hall–Kier alpha value is -1.37. The number of benzene rings is 1. The first-order chi connectivity index (χ1) is 14.3. The van der Waals surface area contributed by atoms with E-state index in [1.807, 2.05) is 6.07 Å². The summed E-state index contributed by atoms with van der Waals surface area (Å²) in [5.74, 6) is -0.181. The molecule has 1 aliphatic carbocycles. The van der Waals surface area contributed by atoms with Crippen molar-refractivity contribution >= 4 is 56.6 Å². The van der Waals surface area contributed by atoms with Crippen LogP contribution in [0.4, 0.5) is 4.39 Å². The van der Waals surface area contributed by atoms with Crippen molar-refractivity contribution in [3.05, 3.63) is 68.5 Å². The van der Waals surface area contributed by atoms with Crippen LogP contribution in [0.3, 0.4) is 0 Å². The van der Waals surface area contributed by atoms with Crippen molar-refractivity contribution in [3.8, 4) is 0 Å². The Labute approximate surface area is 190 Å². The highest BCUT2D eigenvalue weighted by Gasteiger charge is 2.17. The number of thioether (sulfide) groups is 1. The number of rotatable bonds is 5. The molecule has 3 heterocycles. The lowest BCUT2D eigenvalue weighted by Gasteiger charge is -2.26. The second-order valence-corrected chi connectivity index (χ2v) is 9.87. The van der Waals surface area contributed by atoms with Gasteiger partial charge in [0, 0.05) is 36.2 Å². The van der Waals surface area contributed by atoms with Gasteiger partial charge in [-0.3, -0.25) is 0 Å². The number of hydrogen-bond acceptors (Lipinski definition) is 4. The van der Waals surface area contributed by atoms with Gasteiger partial charge in [-0.05, 0) is 61.9 Å². The highest BCUT2D eigenvalue weighted by Crippen LogP contribution is 2.37. The van der Waals surface area contributed by atoms with E-state index in [0.29, 0.717) is 6.61 Å². The first-order valence-corrected chi connectivity index (χ1v) is 11.9. The summed E-state index contributed by atoms with van der Waals surface area (Å²) in [5.41, 5.74) is 1.19. The highest BCUT2D eigenvalue weighted by atomic mass is 35.5. The topological polar surface area (TPSA) is 12.5 Å². The van der Waals surface area contributed by atoms with Crippen LogP contribution in [-0.2, 0) is 4.74 Å². The fourth-order valence-corrected chi connectivity index (χ4v) is 6.40. The molecule has 6 heteroatoms. The molecule has 0 amide bonds. The van der Waals surface area contributed by atoms with Crippen LogP contribution in [0, 0.1) is 5.82 Å². The minimum Gasteiger partial charge on any atom is -0.375 e. The van der Waals surface area contributed by atoms with E-state index in [0.717, 1.165) is 28.5 Å². The molecule has 2 aromatic rings. The maximum Gasteiger partial charge on any atom is 0.123 e. The Morgan fingerprint density at radius 3 is 2.80 bits per heavy atom. The summed E-state index contributed by atoms with van der Waals surface area (Å²) in [7, 11) is 0. The number of halogens is 2. The Morgan fingerprint density at radius 2 is 1.93 bits per heavy atom. The molecule has 1 aromatic carbocycles. The molecule has 2 nitrogen and oxygen atoms in total. The van der Waals surface area contributed by atoms with Gasteiger partial charge >= 0.3 is 0 Å². The number of piperidine rings is 1. The summed E-state index contributed by atoms with van der Waals surface area (Å²) in [6.45, 7) is 4.84. The molecule has 158 valence electrons. The Balaban J connectivity index is 0.00000218. The number of likely N-dealkylation sites (tertiary alicyclic amines) is 1. The number of thiophene rings is 1. The molecule has 1 fully saturated rings. The van der Waals surface area contributed by atoms with Crippen molar-refractivity contribution in [1.82, 2.24) is 4.90 Å². The number of fused-ring (bicyclic) bond motifs is 4. The van der Waals surface area contributed by atoms with Gasteiger partial charge in [0.1, 0.15) is 5.82 Å². The number of nitrogens with zero attached hydrogens (tertiary/aromatic N) is 1. The molecule has 1 saturated heterocycles. The molecule has 0 radical (unpaired) electrons. The van der Waals surface area contributed by atoms with Crippen LogP contribution in [0.1, 0.15) is 19.3 Å². The van der Waals surface area contributed by atoms with E-state index < -0.39 is 0 Å². The van der Waals surface area contributed by atoms with Crippen molar-refractivity contribution in [3.63, 3.8) is 0 Å². The Kier molecular flexibility index (Phi) is 7.16. The molecule has 30 heavy (non-hydrogen) atoms. The quantitative estimate of drug-likeness (QED) is 0.582. The van der Waals surface area contributed by atoms with Crippen LogP contribution in [0.2, 0.25) is 0 Å². The van der Waals surface area contributed by atoms with Crippen molar-refractivity contribution in [2.45, 2.75) is 19.3 Å². The molecule has 1 aromatic heterocycles. The molecular weight excluding hydrogens is 437 g/mol. The molecule has 0 saturated carbocycles. The molecule has 0 bridgehead atoms. The summed E-state index contributed by atoms with van der Waals surface area (Å²) in [5, 5.41) is 2.16. The molecule has 0 atom stereocenters. The fourth-order valence-electron chi connectivity index (χ4n) is 4.12. The SMILES string of the molecule is Cl.Fc1ccc2sc3c(c2c1)=C1SC(COCCN2CCCCC2)=CC=C1C=CC=3. The van der Waals surface area contributed by atoms with Crippen LogP contribution < -0.4 is 9.75 Å². The zero-order chi connectivity index (χ0) is 19.6. The third-order valence-electron chi connectivity index (χ3n) is 5.62. The predicted molar refractivity (Wildman–Crippen MR) is 130 cm³/mol. The smallest absolute Gasteiger partial charge is 0.123 e. The standard InChI is InChI=1S/C24H24FNOS2.ClH/c25-18-8-10-21-20(15-18)23-22(29-21)6-4-5-17-7-9-19(28-24(17)23)16-27-14-13-26-11-2-1-3-12-26;/h4-10,15H,1-3,11-14,16H2;1H. The van der Waals surface area contributed by atoms with Crippen LogP contribution in [0.25, 0.3) is 21.1 Å². The van der Waals surface area contributed by atoms with E-state index in [2.05, 4.69) is 35.3 Å². The molecular formula is C24H25ClFNOS2. The van der Waals surface area contributed by atoms with Crippen LogP contribution >= 0.6 is 35.5 Å². The largest absolute Gasteiger partial charge is 0.375 e. The molecule has 5 rings (SSSR count). The normalized spacial score (nSPS) is 18.6. The summed E-state index contributed by atoms with van der Waals surface area (Å²) in [6.07, 6.45) is 14.7. The zero-order valence-corrected chi connectivity index (χ0v) is 19.2.